The van der Waals surface area contributed by atoms with Crippen LogP contribution in [-0.4, -0.2) is 19.6 Å². The molecule has 0 bridgehead atoms. The van der Waals surface area contributed by atoms with Gasteiger partial charge in [-0.15, -0.1) is 0 Å². The lowest BCUT2D eigenvalue weighted by Gasteiger charge is -2.26. The summed E-state index contributed by atoms with van der Waals surface area (Å²) in [5.41, 5.74) is 0.217. The number of hydrogen-bond donors (Lipinski definition) is 0. The Kier molecular flexibility index (Phi) is 3.31. The van der Waals surface area contributed by atoms with Crippen molar-refractivity contribution in [2.75, 3.05) is 7.11 Å². The Morgan fingerprint density at radius 2 is 2.00 bits per heavy atom. The van der Waals surface area contributed by atoms with Crippen LogP contribution in [0, 0.1) is 11.3 Å². The van der Waals surface area contributed by atoms with Gasteiger partial charge in [-0.05, 0) is 24.2 Å². The number of hydrogen-bond acceptors (Lipinski definition) is 3. The Morgan fingerprint density at radius 3 is 2.38 bits per heavy atom. The molecule has 0 unspecified atom stereocenters. The first-order valence-corrected chi connectivity index (χ1v) is 4.77. The lowest BCUT2D eigenvalue weighted by Crippen LogP contribution is -2.26. The minimum atomic E-state index is 0.217. The van der Waals surface area contributed by atoms with Gasteiger partial charge < -0.3 is 4.89 Å². The molecule has 0 aliphatic heterocycles. The second kappa shape index (κ2) is 4.09. The molecule has 0 spiro atoms. The predicted molar refractivity (Wildman–Crippen MR) is 52.6 cm³/mol. The van der Waals surface area contributed by atoms with Gasteiger partial charge in [-0.2, -0.15) is 4.89 Å². The molecule has 1 fully saturated rings. The van der Waals surface area contributed by atoms with Crippen molar-refractivity contribution in [1.82, 2.24) is 0 Å². The highest BCUT2D eigenvalue weighted by atomic mass is 17.2. The molecule has 1 aliphatic carbocycles. The fourth-order valence-electron chi connectivity index (χ4n) is 1.60. The lowest BCUT2D eigenvalue weighted by atomic mass is 9.84. The smallest absolute Gasteiger partial charge is 0.215 e. The van der Waals surface area contributed by atoms with Gasteiger partial charge in [0.15, 0.2) is 0 Å². The van der Waals surface area contributed by atoms with E-state index in [1.807, 2.05) is 0 Å². The first-order chi connectivity index (χ1) is 6.05. The third kappa shape index (κ3) is 3.35. The molecule has 1 rings (SSSR count). The average Bonchev–Trinajstić information content (AvgIpc) is 2.78. The zero-order valence-corrected chi connectivity index (χ0v) is 8.91. The monoisotopic (exact) mass is 185 g/mol. The zero-order valence-electron chi connectivity index (χ0n) is 8.91. The quantitative estimate of drug-likeness (QED) is 0.291. The van der Waals surface area contributed by atoms with Crippen molar-refractivity contribution in [2.24, 2.45) is 16.3 Å². The zero-order chi connectivity index (χ0) is 9.90. The summed E-state index contributed by atoms with van der Waals surface area (Å²) in [6.45, 7) is 6.63. The van der Waals surface area contributed by atoms with Crippen LogP contribution in [0.2, 0.25) is 0 Å². The van der Waals surface area contributed by atoms with Crippen molar-refractivity contribution in [2.45, 2.75) is 39.7 Å². The van der Waals surface area contributed by atoms with Crippen LogP contribution in [0.15, 0.2) is 4.99 Å². The summed E-state index contributed by atoms with van der Waals surface area (Å²) in [6.07, 6.45) is 4.01. The molecular formula is C10H19NO2. The standard InChI is InChI=1S/C10H19NO2/c1-10(2,3)9(8-5-6-8)11-7-13-12-4/h7-9H,5-6H2,1-4H3/b11-7+/t9-/m0/s1. The van der Waals surface area contributed by atoms with Crippen molar-refractivity contribution in [1.29, 1.82) is 0 Å². The summed E-state index contributed by atoms with van der Waals surface area (Å²) >= 11 is 0. The molecule has 0 aromatic heterocycles. The van der Waals surface area contributed by atoms with E-state index < -0.39 is 0 Å². The molecule has 76 valence electrons. The van der Waals surface area contributed by atoms with Crippen LogP contribution in [0.4, 0.5) is 0 Å². The molecule has 13 heavy (non-hydrogen) atoms. The van der Waals surface area contributed by atoms with Crippen molar-refractivity contribution in [3.63, 3.8) is 0 Å². The van der Waals surface area contributed by atoms with Crippen LogP contribution in [0.25, 0.3) is 0 Å². The van der Waals surface area contributed by atoms with E-state index in [1.54, 1.807) is 0 Å². The summed E-state index contributed by atoms with van der Waals surface area (Å²) in [7, 11) is 1.48. The third-order valence-corrected chi connectivity index (χ3v) is 2.32. The molecule has 0 N–H and O–H groups in total. The van der Waals surface area contributed by atoms with E-state index in [9.17, 15) is 0 Å². The Morgan fingerprint density at radius 1 is 1.38 bits per heavy atom. The van der Waals surface area contributed by atoms with E-state index in [-0.39, 0.29) is 5.41 Å². The maximum absolute atomic E-state index is 4.65. The minimum Gasteiger partial charge on any atom is -0.326 e. The maximum Gasteiger partial charge on any atom is 0.215 e. The highest BCUT2D eigenvalue weighted by Crippen LogP contribution is 2.42. The van der Waals surface area contributed by atoms with Crippen molar-refractivity contribution >= 4 is 6.40 Å². The van der Waals surface area contributed by atoms with E-state index in [4.69, 9.17) is 0 Å². The van der Waals surface area contributed by atoms with E-state index in [0.717, 1.165) is 5.92 Å². The number of nitrogens with zero attached hydrogens (tertiary/aromatic N) is 1. The molecule has 1 aliphatic rings. The van der Waals surface area contributed by atoms with Crippen LogP contribution in [0.5, 0.6) is 0 Å². The second-order valence-electron chi connectivity index (χ2n) is 4.67. The fraction of sp³-hybridized carbons (Fsp3) is 0.900. The van der Waals surface area contributed by atoms with E-state index in [2.05, 4.69) is 35.5 Å². The Bertz CT molecular complexity index is 180. The minimum absolute atomic E-state index is 0.217. The van der Waals surface area contributed by atoms with Gasteiger partial charge >= 0.3 is 0 Å². The van der Waals surface area contributed by atoms with Crippen LogP contribution >= 0.6 is 0 Å². The average molecular weight is 185 g/mol. The topological polar surface area (TPSA) is 30.8 Å². The number of rotatable bonds is 4. The van der Waals surface area contributed by atoms with Gasteiger partial charge in [-0.25, -0.2) is 0 Å². The molecule has 3 heteroatoms. The van der Waals surface area contributed by atoms with Gasteiger partial charge in [-0.3, -0.25) is 4.99 Å². The van der Waals surface area contributed by atoms with Crippen molar-refractivity contribution in [3.8, 4) is 0 Å². The summed E-state index contributed by atoms with van der Waals surface area (Å²) in [6, 6.07) is 0.364. The van der Waals surface area contributed by atoms with Crippen LogP contribution in [-0.2, 0) is 9.78 Å². The Labute approximate surface area is 80.1 Å². The van der Waals surface area contributed by atoms with Gasteiger partial charge in [0.05, 0.1) is 13.2 Å². The van der Waals surface area contributed by atoms with Crippen LogP contribution in [0.1, 0.15) is 33.6 Å². The molecule has 3 nitrogen and oxygen atoms in total. The maximum atomic E-state index is 4.65. The third-order valence-electron chi connectivity index (χ3n) is 2.32. The molecule has 0 heterocycles. The first kappa shape index (κ1) is 10.5. The normalized spacial score (nSPS) is 20.6. The predicted octanol–water partition coefficient (Wildman–Crippen LogP) is 2.42. The summed E-state index contributed by atoms with van der Waals surface area (Å²) in [5, 5.41) is 0. The molecule has 0 amide bonds. The summed E-state index contributed by atoms with van der Waals surface area (Å²) in [4.78, 5) is 13.5. The van der Waals surface area contributed by atoms with Crippen molar-refractivity contribution in [3.05, 3.63) is 0 Å². The van der Waals surface area contributed by atoms with Gasteiger partial charge in [0.25, 0.3) is 0 Å². The lowest BCUT2D eigenvalue weighted by molar-refractivity contribution is -0.188. The highest BCUT2D eigenvalue weighted by Gasteiger charge is 2.38. The van der Waals surface area contributed by atoms with Crippen LogP contribution < -0.4 is 0 Å². The molecule has 0 aromatic rings. The number of aliphatic imine (C=N–C) groups is 1. The van der Waals surface area contributed by atoms with Crippen LogP contribution in [0.3, 0.4) is 0 Å². The largest absolute Gasteiger partial charge is 0.326 e. The van der Waals surface area contributed by atoms with Gasteiger partial charge in [0.2, 0.25) is 6.40 Å². The van der Waals surface area contributed by atoms with Gasteiger partial charge in [0, 0.05) is 0 Å². The van der Waals surface area contributed by atoms with E-state index in [1.165, 1.54) is 26.4 Å². The SMILES string of the molecule is COO/C=N/[C@@H](C1CC1)C(C)(C)C. The summed E-state index contributed by atoms with van der Waals surface area (Å²) < 4.78 is 0. The first-order valence-electron chi connectivity index (χ1n) is 4.77. The second-order valence-corrected chi connectivity index (χ2v) is 4.67. The Hall–Kier alpha value is -0.570. The Balaban J connectivity index is 2.47. The molecule has 1 saturated carbocycles. The highest BCUT2D eigenvalue weighted by molar-refractivity contribution is 5.46. The molecule has 0 radical (unpaired) electrons. The molecule has 0 saturated heterocycles. The summed E-state index contributed by atoms with van der Waals surface area (Å²) in [5.74, 6) is 0.747. The van der Waals surface area contributed by atoms with Gasteiger partial charge in [0.1, 0.15) is 0 Å². The van der Waals surface area contributed by atoms with E-state index >= 15 is 0 Å². The molecule has 0 aromatic carbocycles. The van der Waals surface area contributed by atoms with Crippen molar-refractivity contribution < 1.29 is 9.78 Å². The molecule has 1 atom stereocenters. The van der Waals surface area contributed by atoms with Gasteiger partial charge in [-0.1, -0.05) is 20.8 Å². The van der Waals surface area contributed by atoms with E-state index in [0.29, 0.717) is 6.04 Å². The molecular weight excluding hydrogens is 166 g/mol. The fourth-order valence-corrected chi connectivity index (χ4v) is 1.60.